The van der Waals surface area contributed by atoms with Gasteiger partial charge in [-0.1, -0.05) is 12.1 Å². The van der Waals surface area contributed by atoms with Crippen LogP contribution in [0.25, 0.3) is 0 Å². The van der Waals surface area contributed by atoms with Gasteiger partial charge in [-0.3, -0.25) is 19.2 Å². The van der Waals surface area contributed by atoms with Crippen molar-refractivity contribution in [2.75, 3.05) is 59.8 Å². The summed E-state index contributed by atoms with van der Waals surface area (Å²) in [5.74, 6) is -9.76. The predicted molar refractivity (Wildman–Crippen MR) is 227 cm³/mol. The zero-order valence-corrected chi connectivity index (χ0v) is 35.8. The SMILES string of the molecule is COc1ccc(N(C)C(=O)C(Cc2cc(F)cc(F)c2)NC(=O)CN2c3ccccc3N(CC(=O)N[C@@H](Cc3cc(F)cc(F)c3)C(=O)N(C)c3ccc(OC)c(F)c3)S2(=O)=O)cc1F. The number of halogens is 6. The van der Waals surface area contributed by atoms with Crippen molar-refractivity contribution in [1.29, 1.82) is 0 Å². The first-order chi connectivity index (χ1) is 30.8. The lowest BCUT2D eigenvalue weighted by atomic mass is 10.0. The number of hydrogen-bond acceptors (Lipinski definition) is 8. The number of anilines is 4. The maximum absolute atomic E-state index is 14.6. The molecule has 0 fully saturated rings. The molecular weight excluding hydrogens is 887 g/mol. The summed E-state index contributed by atoms with van der Waals surface area (Å²) in [5, 5.41) is 4.85. The summed E-state index contributed by atoms with van der Waals surface area (Å²) in [5.41, 5.74) is -0.268. The fourth-order valence-electron chi connectivity index (χ4n) is 7.11. The zero-order valence-electron chi connectivity index (χ0n) is 35.0. The Morgan fingerprint density at radius 3 is 1.25 bits per heavy atom. The van der Waals surface area contributed by atoms with Gasteiger partial charge in [0.05, 0.1) is 25.6 Å². The largest absolute Gasteiger partial charge is 0.494 e. The van der Waals surface area contributed by atoms with Gasteiger partial charge in [0.15, 0.2) is 23.1 Å². The van der Waals surface area contributed by atoms with E-state index in [1.165, 1.54) is 76.8 Å². The van der Waals surface area contributed by atoms with Crippen LogP contribution < -0.4 is 38.5 Å². The Kier molecular flexibility index (Phi) is 14.2. The summed E-state index contributed by atoms with van der Waals surface area (Å²) < 4.78 is 126. The van der Waals surface area contributed by atoms with Gasteiger partial charge < -0.3 is 29.9 Å². The molecule has 0 bridgehead atoms. The van der Waals surface area contributed by atoms with Gasteiger partial charge in [0.25, 0.3) is 0 Å². The molecule has 2 N–H and O–H groups in total. The second kappa shape index (κ2) is 19.6. The summed E-state index contributed by atoms with van der Waals surface area (Å²) in [6.45, 7) is -1.98. The summed E-state index contributed by atoms with van der Waals surface area (Å²) >= 11 is 0. The Hall–Kier alpha value is -7.29. The maximum Gasteiger partial charge on any atom is 0.327 e. The third kappa shape index (κ3) is 10.7. The lowest BCUT2D eigenvalue weighted by Crippen LogP contribution is -2.53. The number of ether oxygens (including phenoxy) is 2. The average molecular weight is 927 g/mol. The van der Waals surface area contributed by atoms with Gasteiger partial charge in [-0.15, -0.1) is 0 Å². The highest BCUT2D eigenvalue weighted by molar-refractivity contribution is 7.94. The van der Waals surface area contributed by atoms with Gasteiger partial charge in [0, 0.05) is 62.6 Å². The summed E-state index contributed by atoms with van der Waals surface area (Å²) in [7, 11) is 0.157. The number of likely N-dealkylation sites (N-methyl/N-ethyl adjacent to an activating group) is 2. The number of methoxy groups -OCH3 is 2. The molecule has 342 valence electrons. The van der Waals surface area contributed by atoms with Crippen molar-refractivity contribution in [3.05, 3.63) is 143 Å². The monoisotopic (exact) mass is 926 g/mol. The van der Waals surface area contributed by atoms with E-state index in [-0.39, 0.29) is 45.4 Å². The lowest BCUT2D eigenvalue weighted by molar-refractivity contribution is -0.126. The van der Waals surface area contributed by atoms with Crippen molar-refractivity contribution >= 4 is 56.6 Å². The Labute approximate surface area is 369 Å². The maximum atomic E-state index is 14.6. The molecule has 65 heavy (non-hydrogen) atoms. The van der Waals surface area contributed by atoms with E-state index in [0.717, 1.165) is 46.2 Å². The third-order valence-electron chi connectivity index (χ3n) is 10.2. The minimum absolute atomic E-state index is 0.0104. The van der Waals surface area contributed by atoms with Crippen molar-refractivity contribution in [3.8, 4) is 11.5 Å². The van der Waals surface area contributed by atoms with Gasteiger partial charge in [-0.05, 0) is 71.8 Å². The first kappa shape index (κ1) is 47.2. The van der Waals surface area contributed by atoms with E-state index in [2.05, 4.69) is 10.6 Å². The van der Waals surface area contributed by atoms with Crippen LogP contribution in [0.2, 0.25) is 0 Å². The molecule has 0 saturated carbocycles. The smallest absolute Gasteiger partial charge is 0.327 e. The van der Waals surface area contributed by atoms with Gasteiger partial charge >= 0.3 is 10.2 Å². The van der Waals surface area contributed by atoms with E-state index in [1.807, 2.05) is 0 Å². The Morgan fingerprint density at radius 1 is 0.569 bits per heavy atom. The molecule has 0 aliphatic carbocycles. The molecule has 0 saturated heterocycles. The van der Waals surface area contributed by atoms with Crippen LogP contribution in [0.4, 0.5) is 49.1 Å². The molecule has 5 aromatic rings. The van der Waals surface area contributed by atoms with Crippen LogP contribution in [0, 0.1) is 34.9 Å². The van der Waals surface area contributed by atoms with Gasteiger partial charge in [0.1, 0.15) is 48.4 Å². The van der Waals surface area contributed by atoms with Crippen LogP contribution in [0.5, 0.6) is 11.5 Å². The van der Waals surface area contributed by atoms with Crippen LogP contribution >= 0.6 is 0 Å². The van der Waals surface area contributed by atoms with Gasteiger partial charge in [-0.2, -0.15) is 8.42 Å². The van der Waals surface area contributed by atoms with Crippen LogP contribution in [-0.2, 0) is 42.2 Å². The number of hydrogen-bond donors (Lipinski definition) is 2. The van der Waals surface area contributed by atoms with Crippen molar-refractivity contribution in [2.24, 2.45) is 0 Å². The molecule has 4 amide bonds. The molecule has 1 unspecified atom stereocenters. The summed E-state index contributed by atoms with van der Waals surface area (Å²) in [6.07, 6.45) is -0.995. The molecule has 14 nitrogen and oxygen atoms in total. The van der Waals surface area contributed by atoms with E-state index in [9.17, 15) is 53.9 Å². The Balaban J connectivity index is 1.24. The van der Waals surface area contributed by atoms with E-state index >= 15 is 0 Å². The van der Waals surface area contributed by atoms with Crippen molar-refractivity contribution < 1.29 is 63.4 Å². The topological polar surface area (TPSA) is 158 Å². The zero-order chi connectivity index (χ0) is 47.3. The number of carbonyl (C=O) groups is 4. The number of carbonyl (C=O) groups excluding carboxylic acids is 4. The number of benzene rings is 5. The molecule has 21 heteroatoms. The fraction of sp³-hybridized carbons (Fsp3) is 0.227. The van der Waals surface area contributed by atoms with E-state index in [1.54, 1.807) is 0 Å². The molecule has 0 radical (unpaired) electrons. The molecule has 1 heterocycles. The highest BCUT2D eigenvalue weighted by atomic mass is 32.2. The minimum Gasteiger partial charge on any atom is -0.494 e. The fourth-order valence-corrected chi connectivity index (χ4v) is 8.71. The number of amides is 4. The highest BCUT2D eigenvalue weighted by Gasteiger charge is 2.43. The summed E-state index contributed by atoms with van der Waals surface area (Å²) in [4.78, 5) is 57.4. The first-order valence-corrected chi connectivity index (χ1v) is 20.8. The average Bonchev–Trinajstić information content (AvgIpc) is 3.45. The molecule has 2 atom stereocenters. The molecule has 6 rings (SSSR count). The lowest BCUT2D eigenvalue weighted by Gasteiger charge is -2.27. The number of fused-ring (bicyclic) bond motifs is 1. The summed E-state index contributed by atoms with van der Waals surface area (Å²) in [6, 6.07) is 14.4. The van der Waals surface area contributed by atoms with Crippen molar-refractivity contribution in [1.82, 2.24) is 10.6 Å². The predicted octanol–water partition coefficient (Wildman–Crippen LogP) is 5.19. The molecule has 1 aliphatic heterocycles. The number of para-hydroxylation sites is 2. The van der Waals surface area contributed by atoms with Gasteiger partial charge in [0.2, 0.25) is 23.6 Å². The first-order valence-electron chi connectivity index (χ1n) is 19.4. The number of nitrogens with one attached hydrogen (secondary N) is 2. The van der Waals surface area contributed by atoms with Crippen LogP contribution in [0.15, 0.2) is 97.1 Å². The Morgan fingerprint density at radius 2 is 0.923 bits per heavy atom. The number of nitrogens with zero attached hydrogens (tertiary/aromatic N) is 4. The minimum atomic E-state index is -4.82. The quantitative estimate of drug-likeness (QED) is 0.128. The van der Waals surface area contributed by atoms with E-state index in [4.69, 9.17) is 9.47 Å². The Bertz CT molecular complexity index is 2550. The van der Waals surface area contributed by atoms with E-state index in [0.29, 0.717) is 20.7 Å². The highest BCUT2D eigenvalue weighted by Crippen LogP contribution is 2.40. The molecule has 0 spiro atoms. The molecule has 5 aromatic carbocycles. The second-order valence-electron chi connectivity index (χ2n) is 14.6. The third-order valence-corrected chi connectivity index (χ3v) is 12.0. The molecule has 1 aliphatic rings. The van der Waals surface area contributed by atoms with Crippen LogP contribution in [0.3, 0.4) is 0 Å². The normalized spacial score (nSPS) is 13.6. The second-order valence-corrected chi connectivity index (χ2v) is 16.4. The van der Waals surface area contributed by atoms with E-state index < -0.39 is 107 Å². The van der Waals surface area contributed by atoms with Crippen LogP contribution in [-0.4, -0.2) is 85.5 Å². The standard InChI is InChI=1S/C44H40F6N6O8S/c1-53(31-9-11-39(63-3)33(49)21-31)43(59)35(17-25-13-27(45)19-28(46)14-25)51-41(57)23-55-37-7-5-6-8-38(37)56(65(55,61)62)24-42(58)52-36(18-26-15-29(47)20-30(48)16-26)44(60)54(2)32-10-12-40(64-4)34(50)22-32/h5-16,19-22,35-36H,17-18,23-24H2,1-4H3,(H,51,57)(H,52,58)/t35-,36?/m0/s1. The van der Waals surface area contributed by atoms with Crippen LogP contribution in [0.1, 0.15) is 11.1 Å². The number of rotatable bonds is 16. The molecule has 0 aromatic heterocycles. The molecular formula is C44H40F6N6O8S. The van der Waals surface area contributed by atoms with Crippen molar-refractivity contribution in [2.45, 2.75) is 24.9 Å². The van der Waals surface area contributed by atoms with Gasteiger partial charge in [-0.25, -0.2) is 35.0 Å². The van der Waals surface area contributed by atoms with Crippen molar-refractivity contribution in [3.63, 3.8) is 0 Å².